The summed E-state index contributed by atoms with van der Waals surface area (Å²) in [6.45, 7) is 10.2. The number of H-pyrrole nitrogens is 1. The number of piperidine rings is 2. The van der Waals surface area contributed by atoms with E-state index in [1.54, 1.807) is 35.9 Å². The Bertz CT molecular complexity index is 4680. The van der Waals surface area contributed by atoms with Crippen LogP contribution >= 0.6 is 11.6 Å². The van der Waals surface area contributed by atoms with Gasteiger partial charge in [-0.1, -0.05) is 61.2 Å². The molecule has 516 valence electrons. The second kappa shape index (κ2) is 30.1. The largest absolute Gasteiger partial charge is 0.444 e. The molecule has 0 bridgehead atoms. The van der Waals surface area contributed by atoms with Gasteiger partial charge in [-0.2, -0.15) is 5.10 Å². The number of anilines is 2. The molecule has 101 heavy (non-hydrogen) atoms. The van der Waals surface area contributed by atoms with Crippen molar-refractivity contribution in [2.24, 2.45) is 15.7 Å². The van der Waals surface area contributed by atoms with E-state index in [2.05, 4.69) is 115 Å². The lowest BCUT2D eigenvalue weighted by atomic mass is 9.97. The van der Waals surface area contributed by atoms with Crippen LogP contribution in [0.25, 0.3) is 56.1 Å². The van der Waals surface area contributed by atoms with E-state index in [1.807, 2.05) is 64.0 Å². The first-order chi connectivity index (χ1) is 49.3. The molecular formula is C77H84ClN21O2. The first-order valence-corrected chi connectivity index (χ1v) is 36.1. The molecular weight excluding hydrogens is 1290 g/mol. The molecule has 2 atom stereocenters. The Balaban J connectivity index is 0.000000119. The van der Waals surface area contributed by atoms with Crippen LogP contribution in [0.15, 0.2) is 139 Å². The number of nitrogens with one attached hydrogen (secondary N) is 4. The maximum atomic E-state index is 12.6. The zero-order valence-corrected chi connectivity index (χ0v) is 58.1. The molecule has 0 spiro atoms. The molecule has 2 saturated heterocycles. The average Bonchev–Trinajstić information content (AvgIpc) is 1.69. The van der Waals surface area contributed by atoms with Crippen LogP contribution in [0.4, 0.5) is 16.4 Å². The maximum Gasteiger partial charge on any atom is 0.410 e. The predicted octanol–water partition coefficient (Wildman–Crippen LogP) is 13.6. The fourth-order valence-corrected chi connectivity index (χ4v) is 13.6. The zero-order valence-electron chi connectivity index (χ0n) is 57.4. The van der Waals surface area contributed by atoms with Crippen molar-refractivity contribution in [3.63, 3.8) is 0 Å². The predicted molar refractivity (Wildman–Crippen MR) is 392 cm³/mol. The SMILES string of the molecule is CC(C)(C)OC(=O)N1CCCC(Nc2cncc(C3=NCc4ccc(-c5cncc(C6CC6)n5)cc43)n2)C1.Clc1cncc(C2=NCc3ccc(-c4cncc(C5CC5)n4)cc32)n1.NC1CCCCC1.c1cc2[nH]nc(-c3cncc(NC4CCCNC4)n3)c2cc1-c1cncc(C2CC2)n1. The fourth-order valence-electron chi connectivity index (χ4n) is 13.5. The highest BCUT2D eigenvalue weighted by atomic mass is 35.5. The van der Waals surface area contributed by atoms with Gasteiger partial charge in [0, 0.05) is 107 Å². The van der Waals surface area contributed by atoms with Gasteiger partial charge in [0.25, 0.3) is 0 Å². The molecule has 10 aromatic rings. The molecule has 3 aromatic carbocycles. The number of ether oxygens (including phenoxy) is 1. The van der Waals surface area contributed by atoms with Gasteiger partial charge in [0.05, 0.1) is 120 Å². The third-order valence-electron chi connectivity index (χ3n) is 19.3. The number of fused-ring (bicyclic) bond motifs is 3. The number of hydrogen-bond donors (Lipinski definition) is 5. The lowest BCUT2D eigenvalue weighted by Crippen LogP contribution is -2.47. The number of halogens is 1. The molecule has 18 rings (SSSR count). The van der Waals surface area contributed by atoms with Crippen LogP contribution < -0.4 is 21.7 Å². The van der Waals surface area contributed by atoms with Crippen molar-refractivity contribution in [3.05, 3.63) is 185 Å². The molecule has 0 radical (unpaired) electrons. The molecule has 2 unspecified atom stereocenters. The van der Waals surface area contributed by atoms with E-state index in [0.717, 1.165) is 145 Å². The maximum absolute atomic E-state index is 12.6. The second-order valence-corrected chi connectivity index (χ2v) is 28.9. The first kappa shape index (κ1) is 66.9. The van der Waals surface area contributed by atoms with Crippen molar-refractivity contribution < 1.29 is 9.53 Å². The van der Waals surface area contributed by atoms with Crippen LogP contribution in [0, 0.1) is 0 Å². The number of carbonyl (C=O) groups is 1. The van der Waals surface area contributed by atoms with Gasteiger partial charge in [-0.25, -0.2) is 34.7 Å². The van der Waals surface area contributed by atoms with Crippen LogP contribution in [-0.4, -0.2) is 142 Å². The number of rotatable bonds is 13. The van der Waals surface area contributed by atoms with E-state index in [0.29, 0.717) is 72.7 Å². The quantitative estimate of drug-likeness (QED) is 0.0716. The van der Waals surface area contributed by atoms with E-state index in [4.69, 9.17) is 52.0 Å². The molecule has 4 aliphatic carbocycles. The van der Waals surface area contributed by atoms with Crippen molar-refractivity contribution in [1.29, 1.82) is 0 Å². The molecule has 4 aliphatic heterocycles. The summed E-state index contributed by atoms with van der Waals surface area (Å²) in [4.78, 5) is 78.5. The average molecular weight is 1370 g/mol. The minimum Gasteiger partial charge on any atom is -0.444 e. The highest BCUT2D eigenvalue weighted by Gasteiger charge is 2.31. The topological polar surface area (TPSA) is 300 Å². The lowest BCUT2D eigenvalue weighted by molar-refractivity contribution is 0.0206. The normalized spacial score (nSPS) is 18.6. The van der Waals surface area contributed by atoms with Gasteiger partial charge >= 0.3 is 6.09 Å². The molecule has 24 heteroatoms. The lowest BCUT2D eigenvalue weighted by Gasteiger charge is -2.34. The second-order valence-electron chi connectivity index (χ2n) is 28.5. The summed E-state index contributed by atoms with van der Waals surface area (Å²) in [5.41, 5.74) is 24.2. The first-order valence-electron chi connectivity index (χ1n) is 35.7. The van der Waals surface area contributed by atoms with E-state index < -0.39 is 5.60 Å². The Kier molecular flexibility index (Phi) is 19.9. The zero-order chi connectivity index (χ0) is 68.8. The third kappa shape index (κ3) is 16.8. The molecule has 8 aliphatic rings. The molecule has 11 heterocycles. The highest BCUT2D eigenvalue weighted by Crippen LogP contribution is 2.42. The number of likely N-dealkylation sites (tertiary alicyclic amines) is 1. The Hall–Kier alpha value is -9.97. The van der Waals surface area contributed by atoms with E-state index in [9.17, 15) is 4.79 Å². The molecule has 7 aromatic heterocycles. The standard InChI is InChI=1S/C29H33N7O2.C23H24N8.C19H14ClN5.C6H13N/c1-29(2,3)38-28(37)36-10-4-5-21(17-36)33-26-16-31-15-25(35-26)27-22-11-19(8-9-20(22)12-32-27)24-14-30-13-23(34-24)18-6-7-18;1-2-16(9-24-7-1)27-22-13-26-12-21(29-22)23-17-8-15(5-6-18(17)30-31-23)20-11-25-10-19(28-20)14-3-4-14;20-18-10-22-9-17(25-18)19-14-5-12(3-4-13(14)6-23-19)16-8-21-7-15(24-16)11-1-2-11;7-6-4-2-1-3-5-6/h8-9,11,13-16,18,21H,4-7,10,12,17H2,1-3H3,(H,33,35);5-6,8,10-14,16,24H,1-4,7,9H2,(H,27,29)(H,30,31);3-5,7-11H,1-2,6H2;6H,1-5,7H2. The Morgan fingerprint density at radius 3 is 1.57 bits per heavy atom. The van der Waals surface area contributed by atoms with Crippen molar-refractivity contribution >= 4 is 51.7 Å². The van der Waals surface area contributed by atoms with Gasteiger partial charge in [0.2, 0.25) is 0 Å². The smallest absolute Gasteiger partial charge is 0.410 e. The van der Waals surface area contributed by atoms with E-state index in [-0.39, 0.29) is 12.1 Å². The Morgan fingerprint density at radius 2 is 1.04 bits per heavy atom. The van der Waals surface area contributed by atoms with Gasteiger partial charge in [-0.3, -0.25) is 45.0 Å². The van der Waals surface area contributed by atoms with Crippen LogP contribution in [0.5, 0.6) is 0 Å². The molecule has 4 saturated carbocycles. The van der Waals surface area contributed by atoms with Gasteiger partial charge in [-0.05, 0) is 140 Å². The third-order valence-corrected chi connectivity index (χ3v) is 19.4. The number of amides is 1. The highest BCUT2D eigenvalue weighted by molar-refractivity contribution is 6.29. The summed E-state index contributed by atoms with van der Waals surface area (Å²) in [6, 6.07) is 19.9. The van der Waals surface area contributed by atoms with Crippen LogP contribution in [-0.2, 0) is 17.8 Å². The number of aliphatic imine (C=N–C) groups is 2. The van der Waals surface area contributed by atoms with E-state index >= 15 is 0 Å². The fraction of sp³-hybridized carbons (Fsp3) is 0.403. The summed E-state index contributed by atoms with van der Waals surface area (Å²) in [7, 11) is 0. The summed E-state index contributed by atoms with van der Waals surface area (Å²) in [5.74, 6) is 3.17. The molecule has 6 fully saturated rings. The molecule has 1 amide bonds. The number of aromatic amines is 1. The summed E-state index contributed by atoms with van der Waals surface area (Å²) < 4.78 is 5.57. The van der Waals surface area contributed by atoms with Crippen LogP contribution in [0.3, 0.4) is 0 Å². The number of aromatic nitrogens is 14. The summed E-state index contributed by atoms with van der Waals surface area (Å²) in [6.07, 6.45) is 39.1. The van der Waals surface area contributed by atoms with Gasteiger partial charge in [-0.15, -0.1) is 0 Å². The summed E-state index contributed by atoms with van der Waals surface area (Å²) >= 11 is 5.98. The van der Waals surface area contributed by atoms with Crippen molar-refractivity contribution in [2.45, 2.75) is 172 Å². The monoisotopic (exact) mass is 1370 g/mol. The van der Waals surface area contributed by atoms with Gasteiger partial charge in [0.15, 0.2) is 0 Å². The van der Waals surface area contributed by atoms with E-state index in [1.165, 1.54) is 88.8 Å². The van der Waals surface area contributed by atoms with Crippen molar-refractivity contribution in [3.8, 4) is 45.2 Å². The van der Waals surface area contributed by atoms with Gasteiger partial charge < -0.3 is 31.3 Å². The number of nitrogens with zero attached hydrogens (tertiary/aromatic N) is 16. The number of carbonyl (C=O) groups excluding carboxylic acids is 1. The number of nitrogens with two attached hydrogens (primary N) is 1. The molecule has 6 N–H and O–H groups in total. The minimum atomic E-state index is -0.512. The van der Waals surface area contributed by atoms with Crippen LogP contribution in [0.2, 0.25) is 5.15 Å². The van der Waals surface area contributed by atoms with Crippen molar-refractivity contribution in [1.82, 2.24) is 80.2 Å². The molecule has 23 nitrogen and oxygen atoms in total. The number of benzene rings is 3. The van der Waals surface area contributed by atoms with Gasteiger partial charge in [0.1, 0.15) is 45.2 Å². The number of hydrogen-bond acceptors (Lipinski definition) is 21. The Morgan fingerprint density at radius 1 is 0.535 bits per heavy atom. The van der Waals surface area contributed by atoms with Crippen molar-refractivity contribution in [2.75, 3.05) is 36.8 Å². The Labute approximate surface area is 592 Å². The van der Waals surface area contributed by atoms with Crippen LogP contribution in [0.1, 0.15) is 186 Å². The summed E-state index contributed by atoms with van der Waals surface area (Å²) in [5, 5.41) is 19.4. The minimum absolute atomic E-state index is 0.0718.